The van der Waals surface area contributed by atoms with Crippen molar-refractivity contribution in [2.45, 2.75) is 411 Å². The summed E-state index contributed by atoms with van der Waals surface area (Å²) in [5.74, 6) is -0.0652. The van der Waals surface area contributed by atoms with E-state index in [1.54, 1.807) is 6.08 Å². The van der Waals surface area contributed by atoms with Crippen molar-refractivity contribution < 1.29 is 15.0 Å². The summed E-state index contributed by atoms with van der Waals surface area (Å²) in [6.45, 7) is 4.34. The molecular weight excluding hydrogens is 927 g/mol. The monoisotopic (exact) mass is 1070 g/mol. The summed E-state index contributed by atoms with van der Waals surface area (Å²) < 4.78 is 0. The predicted octanol–water partition coefficient (Wildman–Crippen LogP) is 23.9. The molecule has 4 nitrogen and oxygen atoms in total. The van der Waals surface area contributed by atoms with Crippen LogP contribution in [0, 0.1) is 0 Å². The van der Waals surface area contributed by atoms with Crippen LogP contribution < -0.4 is 5.32 Å². The number of allylic oxidation sites excluding steroid dienone is 5. The minimum absolute atomic E-state index is 0.0652. The molecule has 0 aliphatic rings. The van der Waals surface area contributed by atoms with Gasteiger partial charge in [0, 0.05) is 6.42 Å². The van der Waals surface area contributed by atoms with Crippen molar-refractivity contribution >= 4 is 5.91 Å². The molecule has 0 radical (unpaired) electrons. The number of hydrogen-bond acceptors (Lipinski definition) is 3. The quantitative estimate of drug-likeness (QED) is 0.0420. The Balaban J connectivity index is 3.40. The summed E-state index contributed by atoms with van der Waals surface area (Å²) in [4.78, 5) is 12.5. The summed E-state index contributed by atoms with van der Waals surface area (Å²) in [7, 11) is 0. The molecule has 0 aromatic heterocycles. The number of hydrogen-bond donors (Lipinski definition) is 3. The predicted molar refractivity (Wildman–Crippen MR) is 341 cm³/mol. The Labute approximate surface area is 478 Å². The smallest absolute Gasteiger partial charge is 0.220 e. The van der Waals surface area contributed by atoms with Crippen LogP contribution in [0.4, 0.5) is 0 Å². The highest BCUT2D eigenvalue weighted by atomic mass is 16.3. The molecule has 0 fully saturated rings. The van der Waals surface area contributed by atoms with Crippen molar-refractivity contribution in [3.05, 3.63) is 36.5 Å². The average molecular weight is 1070 g/mol. The SMILES string of the molecule is CCCCCCCCCC/C=C\CCCCCCCCCCCCCCCCCCCCCCCCCCCCCCCC(=O)NC(CO)C(O)/C=C/CC/C=C/CCCCCCCCCCCCCCCCCCC. The molecule has 0 aromatic rings. The Morgan fingerprint density at radius 2 is 0.513 bits per heavy atom. The van der Waals surface area contributed by atoms with Crippen LogP contribution in [0.3, 0.4) is 0 Å². The van der Waals surface area contributed by atoms with E-state index in [2.05, 4.69) is 43.5 Å². The van der Waals surface area contributed by atoms with Gasteiger partial charge >= 0.3 is 0 Å². The average Bonchev–Trinajstić information content (AvgIpc) is 3.42. The van der Waals surface area contributed by atoms with Gasteiger partial charge in [0.1, 0.15) is 0 Å². The molecule has 1 amide bonds. The number of aliphatic hydroxyl groups excluding tert-OH is 2. The Morgan fingerprint density at radius 1 is 0.303 bits per heavy atom. The van der Waals surface area contributed by atoms with Gasteiger partial charge in [0.05, 0.1) is 18.8 Å². The molecule has 0 saturated heterocycles. The van der Waals surface area contributed by atoms with Gasteiger partial charge in [-0.25, -0.2) is 0 Å². The van der Waals surface area contributed by atoms with Gasteiger partial charge in [-0.05, 0) is 57.8 Å². The zero-order chi connectivity index (χ0) is 54.8. The molecule has 0 bridgehead atoms. The summed E-state index contributed by atoms with van der Waals surface area (Å²) in [6.07, 6.45) is 93.9. The second-order valence-electron chi connectivity index (χ2n) is 24.3. The van der Waals surface area contributed by atoms with Gasteiger partial charge < -0.3 is 15.5 Å². The molecule has 0 saturated carbocycles. The molecular formula is C72H139NO3. The van der Waals surface area contributed by atoms with Gasteiger partial charge in [-0.15, -0.1) is 0 Å². The minimum atomic E-state index is -0.862. The molecule has 76 heavy (non-hydrogen) atoms. The van der Waals surface area contributed by atoms with Crippen LogP contribution in [0.5, 0.6) is 0 Å². The lowest BCUT2D eigenvalue weighted by atomic mass is 10.0. The fraction of sp³-hybridized carbons (Fsp3) is 0.903. The topological polar surface area (TPSA) is 69.6 Å². The third kappa shape index (κ3) is 63.4. The van der Waals surface area contributed by atoms with Crippen LogP contribution in [-0.2, 0) is 4.79 Å². The second kappa shape index (κ2) is 67.9. The first-order valence-electron chi connectivity index (χ1n) is 35.2. The molecule has 0 aliphatic carbocycles. The maximum absolute atomic E-state index is 12.5. The summed E-state index contributed by atoms with van der Waals surface area (Å²) in [5.41, 5.74) is 0. The van der Waals surface area contributed by atoms with E-state index < -0.39 is 12.1 Å². The first kappa shape index (κ1) is 74.6. The zero-order valence-electron chi connectivity index (χ0n) is 52.1. The Hall–Kier alpha value is -1.39. The molecule has 2 unspecified atom stereocenters. The lowest BCUT2D eigenvalue weighted by Gasteiger charge is -2.19. The summed E-state index contributed by atoms with van der Waals surface area (Å²) in [5, 5.41) is 23.2. The van der Waals surface area contributed by atoms with Crippen LogP contribution in [0.1, 0.15) is 399 Å². The fourth-order valence-corrected chi connectivity index (χ4v) is 11.3. The Morgan fingerprint density at radius 3 is 0.763 bits per heavy atom. The third-order valence-electron chi connectivity index (χ3n) is 16.6. The highest BCUT2D eigenvalue weighted by molar-refractivity contribution is 5.76. The third-order valence-corrected chi connectivity index (χ3v) is 16.6. The summed E-state index contributed by atoms with van der Waals surface area (Å²) >= 11 is 0. The van der Waals surface area contributed by atoms with E-state index in [4.69, 9.17) is 0 Å². The zero-order valence-corrected chi connectivity index (χ0v) is 52.1. The minimum Gasteiger partial charge on any atom is -0.394 e. The summed E-state index contributed by atoms with van der Waals surface area (Å²) in [6, 6.07) is -0.638. The van der Waals surface area contributed by atoms with Gasteiger partial charge in [0.15, 0.2) is 0 Å². The highest BCUT2D eigenvalue weighted by Crippen LogP contribution is 2.19. The Kier molecular flexibility index (Phi) is 66.6. The number of aliphatic hydroxyl groups is 2. The molecule has 0 aromatic carbocycles. The van der Waals surface area contributed by atoms with E-state index in [1.165, 1.54) is 347 Å². The number of carbonyl (C=O) groups excluding carboxylic acids is 1. The van der Waals surface area contributed by atoms with E-state index in [9.17, 15) is 15.0 Å². The second-order valence-corrected chi connectivity index (χ2v) is 24.3. The van der Waals surface area contributed by atoms with Gasteiger partial charge in [0.25, 0.3) is 0 Å². The molecule has 3 N–H and O–H groups in total. The van der Waals surface area contributed by atoms with Crippen LogP contribution in [0.2, 0.25) is 0 Å². The lowest BCUT2D eigenvalue weighted by molar-refractivity contribution is -0.123. The van der Waals surface area contributed by atoms with Crippen LogP contribution in [-0.4, -0.2) is 34.9 Å². The van der Waals surface area contributed by atoms with E-state index in [0.717, 1.165) is 32.1 Å². The lowest BCUT2D eigenvalue weighted by Crippen LogP contribution is -2.45. The molecule has 0 rings (SSSR count). The normalized spacial score (nSPS) is 12.8. The fourth-order valence-electron chi connectivity index (χ4n) is 11.3. The van der Waals surface area contributed by atoms with Crippen molar-refractivity contribution in [1.29, 1.82) is 0 Å². The van der Waals surface area contributed by atoms with Crippen molar-refractivity contribution in [2.75, 3.05) is 6.61 Å². The largest absolute Gasteiger partial charge is 0.394 e. The van der Waals surface area contributed by atoms with Crippen molar-refractivity contribution in [3.8, 4) is 0 Å². The molecule has 4 heteroatoms. The first-order valence-corrected chi connectivity index (χ1v) is 35.2. The van der Waals surface area contributed by atoms with Crippen molar-refractivity contribution in [1.82, 2.24) is 5.32 Å². The number of carbonyl (C=O) groups is 1. The standard InChI is InChI=1S/C72H139NO3/c1-3-5-7-9-11-13-15-17-19-21-23-25-27-28-29-30-31-32-33-34-35-36-37-38-39-40-41-42-43-44-46-48-50-52-54-56-58-60-62-64-66-68-72(76)73-70(69-74)71(75)67-65-63-61-59-57-55-53-51-49-47-45-26-24-22-20-18-16-14-12-10-8-6-4-2/h21,23,57,59,65,67,70-71,74-75H,3-20,22,24-56,58,60-64,66,68-69H2,1-2H3,(H,73,76)/b23-21-,59-57+,67-65+. The molecule has 0 spiro atoms. The van der Waals surface area contributed by atoms with Gasteiger partial charge in [-0.1, -0.05) is 371 Å². The molecule has 2 atom stereocenters. The van der Waals surface area contributed by atoms with E-state index in [0.29, 0.717) is 6.42 Å². The van der Waals surface area contributed by atoms with Crippen molar-refractivity contribution in [2.24, 2.45) is 0 Å². The molecule has 0 aliphatic heterocycles. The van der Waals surface area contributed by atoms with Crippen molar-refractivity contribution in [3.63, 3.8) is 0 Å². The van der Waals surface area contributed by atoms with Crippen LogP contribution in [0.25, 0.3) is 0 Å². The number of nitrogens with one attached hydrogen (secondary N) is 1. The van der Waals surface area contributed by atoms with Crippen LogP contribution in [0.15, 0.2) is 36.5 Å². The van der Waals surface area contributed by atoms with Gasteiger partial charge in [0.2, 0.25) is 5.91 Å². The van der Waals surface area contributed by atoms with Crippen LogP contribution >= 0.6 is 0 Å². The molecule has 450 valence electrons. The number of amides is 1. The maximum Gasteiger partial charge on any atom is 0.220 e. The highest BCUT2D eigenvalue weighted by Gasteiger charge is 2.18. The maximum atomic E-state index is 12.5. The van der Waals surface area contributed by atoms with E-state index in [1.807, 2.05) is 6.08 Å². The van der Waals surface area contributed by atoms with Gasteiger partial charge in [-0.2, -0.15) is 0 Å². The number of unbranched alkanes of at least 4 members (excludes halogenated alkanes) is 55. The first-order chi connectivity index (χ1) is 37.7. The molecule has 0 heterocycles. The van der Waals surface area contributed by atoms with Gasteiger partial charge in [-0.3, -0.25) is 4.79 Å². The number of rotatable bonds is 66. The van der Waals surface area contributed by atoms with E-state index >= 15 is 0 Å². The van der Waals surface area contributed by atoms with E-state index in [-0.39, 0.29) is 12.5 Å². The Bertz CT molecular complexity index is 1160.